The predicted molar refractivity (Wildman–Crippen MR) is 112 cm³/mol. The second kappa shape index (κ2) is 7.16. The zero-order valence-electron chi connectivity index (χ0n) is 17.7. The summed E-state index contributed by atoms with van der Waals surface area (Å²) in [5, 5.41) is 8.72. The van der Waals surface area contributed by atoms with Crippen molar-refractivity contribution in [2.75, 3.05) is 0 Å². The summed E-state index contributed by atoms with van der Waals surface area (Å²) in [6.07, 6.45) is 6.15. The van der Waals surface area contributed by atoms with Crippen LogP contribution in [0.3, 0.4) is 0 Å². The van der Waals surface area contributed by atoms with E-state index >= 15 is 0 Å². The molecule has 0 aliphatic carbocycles. The van der Waals surface area contributed by atoms with Crippen LogP contribution in [0.25, 0.3) is 16.9 Å². The van der Waals surface area contributed by atoms with Gasteiger partial charge in [-0.1, -0.05) is 0 Å². The summed E-state index contributed by atoms with van der Waals surface area (Å²) in [5.74, 6) is -4.08. The van der Waals surface area contributed by atoms with Crippen LogP contribution in [-0.2, 0) is 13.5 Å². The zero-order valence-corrected chi connectivity index (χ0v) is 17.7. The number of carbonyl (C=O) groups excluding carboxylic acids is 1. The minimum absolute atomic E-state index is 0.0732. The molecule has 2 bridgehead atoms. The molecule has 0 radical (unpaired) electrons. The van der Waals surface area contributed by atoms with E-state index in [4.69, 9.17) is 0 Å². The topological polar surface area (TPSA) is 68.3 Å². The SMILES string of the molecule is Cn1nc2c(c1-c1cc(F)c(F)c(F)c1)C[C@H]1CCC[C@@H]2N1C(=O)c1ccn2ncnc2c1. The van der Waals surface area contributed by atoms with E-state index in [2.05, 4.69) is 15.2 Å². The Labute approximate surface area is 186 Å². The number of rotatable bonds is 2. The number of fused-ring (bicyclic) bond motifs is 5. The summed E-state index contributed by atoms with van der Waals surface area (Å²) < 4.78 is 44.6. The average molecular weight is 452 g/mol. The first-order valence-corrected chi connectivity index (χ1v) is 10.7. The largest absolute Gasteiger partial charge is 0.327 e. The van der Waals surface area contributed by atoms with E-state index in [1.54, 1.807) is 34.6 Å². The molecule has 2 aliphatic heterocycles. The molecule has 3 aromatic heterocycles. The van der Waals surface area contributed by atoms with E-state index in [0.29, 0.717) is 23.3 Å². The standard InChI is InChI=1S/C23H19F3N6O/c1-30-22(13-7-16(24)20(26)17(25)8-13)15-10-14-3-2-4-18(21(15)29-30)32(14)23(33)12-5-6-31-19(9-12)27-11-28-31/h5-9,11,14,18H,2-4,10H2,1H3/t14-,18+/m1/s1. The summed E-state index contributed by atoms with van der Waals surface area (Å²) >= 11 is 0. The van der Waals surface area contributed by atoms with E-state index in [0.717, 1.165) is 42.7 Å². The van der Waals surface area contributed by atoms with Gasteiger partial charge in [0, 0.05) is 36.0 Å². The minimum Gasteiger partial charge on any atom is -0.327 e. The number of aromatic nitrogens is 5. The van der Waals surface area contributed by atoms with E-state index in [9.17, 15) is 18.0 Å². The molecule has 168 valence electrons. The maximum atomic E-state index is 14.0. The van der Waals surface area contributed by atoms with E-state index in [1.807, 2.05) is 4.90 Å². The third-order valence-corrected chi connectivity index (χ3v) is 6.70. The van der Waals surface area contributed by atoms with Gasteiger partial charge in [0.05, 0.1) is 17.4 Å². The molecule has 0 unspecified atom stereocenters. The number of hydrogen-bond donors (Lipinski definition) is 0. The molecule has 1 aromatic carbocycles. The third kappa shape index (κ3) is 2.96. The van der Waals surface area contributed by atoms with Gasteiger partial charge in [-0.15, -0.1) is 0 Å². The number of hydrogen-bond acceptors (Lipinski definition) is 4. The summed E-state index contributed by atoms with van der Waals surface area (Å²) in [6, 6.07) is 5.12. The van der Waals surface area contributed by atoms with Crippen molar-refractivity contribution >= 4 is 11.6 Å². The highest BCUT2D eigenvalue weighted by Gasteiger charge is 2.43. The van der Waals surface area contributed by atoms with Crippen molar-refractivity contribution in [1.82, 2.24) is 29.3 Å². The Bertz CT molecular complexity index is 1400. The Morgan fingerprint density at radius 2 is 1.91 bits per heavy atom. The van der Waals surface area contributed by atoms with Crippen LogP contribution in [0, 0.1) is 17.5 Å². The molecule has 1 fully saturated rings. The zero-order chi connectivity index (χ0) is 22.9. The molecule has 6 rings (SSSR count). The Morgan fingerprint density at radius 1 is 1.12 bits per heavy atom. The first-order valence-electron chi connectivity index (χ1n) is 10.7. The molecule has 0 spiro atoms. The maximum Gasteiger partial charge on any atom is 0.254 e. The fraction of sp³-hybridized carbons (Fsp3) is 0.304. The Hall–Kier alpha value is -3.69. The van der Waals surface area contributed by atoms with Crippen molar-refractivity contribution < 1.29 is 18.0 Å². The number of carbonyl (C=O) groups is 1. The molecular formula is C23H19F3N6O. The van der Waals surface area contributed by atoms with Gasteiger partial charge in [-0.25, -0.2) is 22.7 Å². The normalized spacial score (nSPS) is 19.7. The van der Waals surface area contributed by atoms with Gasteiger partial charge >= 0.3 is 0 Å². The van der Waals surface area contributed by atoms with Crippen molar-refractivity contribution in [2.24, 2.45) is 7.05 Å². The molecule has 7 nitrogen and oxygen atoms in total. The Morgan fingerprint density at radius 3 is 2.70 bits per heavy atom. The van der Waals surface area contributed by atoms with Gasteiger partial charge in [0.2, 0.25) is 0 Å². The predicted octanol–water partition coefficient (Wildman–Crippen LogP) is 3.84. The van der Waals surface area contributed by atoms with Crippen LogP contribution in [0.1, 0.15) is 46.9 Å². The highest BCUT2D eigenvalue weighted by atomic mass is 19.2. The smallest absolute Gasteiger partial charge is 0.254 e. The molecule has 33 heavy (non-hydrogen) atoms. The van der Waals surface area contributed by atoms with Crippen molar-refractivity contribution in [1.29, 1.82) is 0 Å². The molecule has 2 atom stereocenters. The molecule has 0 N–H and O–H groups in total. The Balaban J connectivity index is 1.43. The lowest BCUT2D eigenvalue weighted by Crippen LogP contribution is -2.49. The molecule has 10 heteroatoms. The summed E-state index contributed by atoms with van der Waals surface area (Å²) in [7, 11) is 1.70. The van der Waals surface area contributed by atoms with Crippen LogP contribution < -0.4 is 0 Å². The number of pyridine rings is 1. The van der Waals surface area contributed by atoms with Crippen LogP contribution in [0.2, 0.25) is 0 Å². The molecule has 1 amide bonds. The van der Waals surface area contributed by atoms with Crippen LogP contribution in [0.15, 0.2) is 36.8 Å². The quantitative estimate of drug-likeness (QED) is 0.434. The lowest BCUT2D eigenvalue weighted by Gasteiger charge is -2.45. The first kappa shape index (κ1) is 20.0. The Kier molecular flexibility index (Phi) is 4.33. The molecule has 0 saturated carbocycles. The highest BCUT2D eigenvalue weighted by Crippen LogP contribution is 2.45. The highest BCUT2D eigenvalue weighted by molar-refractivity contribution is 5.96. The molecular weight excluding hydrogens is 433 g/mol. The lowest BCUT2D eigenvalue weighted by molar-refractivity contribution is 0.0392. The summed E-state index contributed by atoms with van der Waals surface area (Å²) in [4.78, 5) is 19.6. The first-order chi connectivity index (χ1) is 15.9. The minimum atomic E-state index is -1.49. The van der Waals surface area contributed by atoms with E-state index in [-0.39, 0.29) is 23.6 Å². The van der Waals surface area contributed by atoms with Crippen LogP contribution in [-0.4, -0.2) is 41.2 Å². The third-order valence-electron chi connectivity index (χ3n) is 6.70. The average Bonchev–Trinajstić information content (AvgIpc) is 3.39. The number of piperidine rings is 1. The van der Waals surface area contributed by atoms with Crippen LogP contribution in [0.4, 0.5) is 13.2 Å². The van der Waals surface area contributed by atoms with Crippen molar-refractivity contribution in [3.05, 3.63) is 71.1 Å². The van der Waals surface area contributed by atoms with Crippen molar-refractivity contribution in [2.45, 2.75) is 37.8 Å². The van der Waals surface area contributed by atoms with E-state index in [1.165, 1.54) is 6.33 Å². The van der Waals surface area contributed by atoms with Crippen molar-refractivity contribution in [3.63, 3.8) is 0 Å². The van der Waals surface area contributed by atoms with Gasteiger partial charge in [0.1, 0.15) is 6.33 Å². The molecule has 2 aliphatic rings. The van der Waals surface area contributed by atoms with Gasteiger partial charge in [0.15, 0.2) is 23.1 Å². The van der Waals surface area contributed by atoms with Crippen molar-refractivity contribution in [3.8, 4) is 11.3 Å². The van der Waals surface area contributed by atoms with Gasteiger partial charge in [-0.3, -0.25) is 9.48 Å². The van der Waals surface area contributed by atoms with Crippen LogP contribution >= 0.6 is 0 Å². The van der Waals surface area contributed by atoms with Crippen LogP contribution in [0.5, 0.6) is 0 Å². The fourth-order valence-corrected chi connectivity index (χ4v) is 5.30. The van der Waals surface area contributed by atoms with E-state index < -0.39 is 17.5 Å². The molecule has 1 saturated heterocycles. The number of aryl methyl sites for hydroxylation is 1. The van der Waals surface area contributed by atoms with Gasteiger partial charge in [-0.2, -0.15) is 10.2 Å². The molecule has 5 heterocycles. The fourth-order valence-electron chi connectivity index (χ4n) is 5.30. The monoisotopic (exact) mass is 452 g/mol. The summed E-state index contributed by atoms with van der Waals surface area (Å²) in [6.45, 7) is 0. The lowest BCUT2D eigenvalue weighted by atomic mass is 9.81. The van der Waals surface area contributed by atoms with Gasteiger partial charge < -0.3 is 4.90 Å². The van der Waals surface area contributed by atoms with Gasteiger partial charge in [-0.05, 0) is 49.9 Å². The number of benzene rings is 1. The van der Waals surface area contributed by atoms with Gasteiger partial charge in [0.25, 0.3) is 5.91 Å². The second-order valence-electron chi connectivity index (χ2n) is 8.59. The second-order valence-corrected chi connectivity index (χ2v) is 8.59. The number of nitrogens with zero attached hydrogens (tertiary/aromatic N) is 6. The maximum absolute atomic E-state index is 14.0. The summed E-state index contributed by atoms with van der Waals surface area (Å²) in [5.41, 5.74) is 3.48. The number of halogens is 3. The number of amides is 1. The molecule has 4 aromatic rings.